The van der Waals surface area contributed by atoms with Gasteiger partial charge in [0.25, 0.3) is 0 Å². The first-order chi connectivity index (χ1) is 7.86. The van der Waals surface area contributed by atoms with Gasteiger partial charge in [0.2, 0.25) is 0 Å². The lowest BCUT2D eigenvalue weighted by Gasteiger charge is -2.06. The van der Waals surface area contributed by atoms with Crippen LogP contribution in [0.5, 0.6) is 0 Å². The highest BCUT2D eigenvalue weighted by Crippen LogP contribution is 2.15. The lowest BCUT2D eigenvalue weighted by Crippen LogP contribution is -2.15. The number of para-hydroxylation sites is 2. The van der Waals surface area contributed by atoms with E-state index < -0.39 is 0 Å². The normalized spacial score (nSPS) is 11.1. The van der Waals surface area contributed by atoms with Crippen LogP contribution in [0.4, 0.5) is 0 Å². The van der Waals surface area contributed by atoms with Gasteiger partial charge in [-0.3, -0.25) is 0 Å². The number of fused-ring (bicyclic) bond motifs is 1. The maximum Gasteiger partial charge on any atom is 0.111 e. The van der Waals surface area contributed by atoms with Crippen molar-refractivity contribution in [3.8, 4) is 0 Å². The zero-order valence-corrected chi connectivity index (χ0v) is 9.48. The molecule has 1 aromatic carbocycles. The average Bonchev–Trinajstić information content (AvgIpc) is 2.66. The molecule has 0 aliphatic carbocycles. The number of imidazole rings is 1. The molecule has 4 nitrogen and oxygen atoms in total. The first-order valence-electron chi connectivity index (χ1n) is 5.56. The predicted octanol–water partition coefficient (Wildman–Crippen LogP) is 0.790. The minimum Gasteiger partial charge on any atom is -0.395 e. The third-order valence-electron chi connectivity index (χ3n) is 2.66. The van der Waals surface area contributed by atoms with Crippen LogP contribution in [0.1, 0.15) is 5.82 Å². The minimum absolute atomic E-state index is 0.146. The van der Waals surface area contributed by atoms with Crippen molar-refractivity contribution >= 4 is 11.0 Å². The van der Waals surface area contributed by atoms with E-state index in [1.165, 1.54) is 0 Å². The van der Waals surface area contributed by atoms with Crippen molar-refractivity contribution in [2.24, 2.45) is 0 Å². The zero-order chi connectivity index (χ0) is 11.4. The zero-order valence-electron chi connectivity index (χ0n) is 9.48. The van der Waals surface area contributed by atoms with Crippen molar-refractivity contribution in [3.05, 3.63) is 30.1 Å². The van der Waals surface area contributed by atoms with Gasteiger partial charge in [-0.2, -0.15) is 0 Å². The summed E-state index contributed by atoms with van der Waals surface area (Å²) in [6.45, 7) is 1.65. The van der Waals surface area contributed by atoms with Crippen molar-refractivity contribution < 1.29 is 5.11 Å². The molecule has 0 aliphatic rings. The van der Waals surface area contributed by atoms with E-state index in [4.69, 9.17) is 5.11 Å². The molecule has 0 aliphatic heterocycles. The van der Waals surface area contributed by atoms with Gasteiger partial charge in [0.1, 0.15) is 5.82 Å². The SMILES string of the molecule is CNCCc1nc2ccccc2n1CCO. The number of hydrogen-bond acceptors (Lipinski definition) is 3. The Balaban J connectivity index is 2.41. The molecule has 0 amide bonds. The highest BCUT2D eigenvalue weighted by molar-refractivity contribution is 5.75. The fourth-order valence-corrected chi connectivity index (χ4v) is 1.90. The van der Waals surface area contributed by atoms with Gasteiger partial charge in [0, 0.05) is 19.5 Å². The number of benzene rings is 1. The van der Waals surface area contributed by atoms with Crippen molar-refractivity contribution in [2.75, 3.05) is 20.2 Å². The lowest BCUT2D eigenvalue weighted by molar-refractivity contribution is 0.276. The molecule has 1 aromatic heterocycles. The van der Waals surface area contributed by atoms with E-state index in [9.17, 15) is 0 Å². The third-order valence-corrected chi connectivity index (χ3v) is 2.66. The first-order valence-corrected chi connectivity index (χ1v) is 5.56. The Hall–Kier alpha value is -1.39. The molecule has 86 valence electrons. The molecule has 0 fully saturated rings. The van der Waals surface area contributed by atoms with Gasteiger partial charge >= 0.3 is 0 Å². The molecule has 2 aromatic rings. The maximum atomic E-state index is 9.08. The fraction of sp³-hybridized carbons (Fsp3) is 0.417. The topological polar surface area (TPSA) is 50.1 Å². The Bertz CT molecular complexity index is 464. The summed E-state index contributed by atoms with van der Waals surface area (Å²) in [6, 6.07) is 8.03. The molecule has 0 unspecified atom stereocenters. The molecule has 0 atom stereocenters. The smallest absolute Gasteiger partial charge is 0.111 e. The Kier molecular flexibility index (Phi) is 3.54. The van der Waals surface area contributed by atoms with Crippen LogP contribution in [0.25, 0.3) is 11.0 Å². The largest absolute Gasteiger partial charge is 0.395 e. The van der Waals surface area contributed by atoms with E-state index >= 15 is 0 Å². The van der Waals surface area contributed by atoms with E-state index in [0.29, 0.717) is 6.54 Å². The van der Waals surface area contributed by atoms with Gasteiger partial charge in [0.15, 0.2) is 0 Å². The molecule has 0 saturated heterocycles. The summed E-state index contributed by atoms with van der Waals surface area (Å²) in [4.78, 5) is 4.58. The second-order valence-electron chi connectivity index (χ2n) is 3.75. The second-order valence-corrected chi connectivity index (χ2v) is 3.75. The van der Waals surface area contributed by atoms with E-state index in [1.54, 1.807) is 0 Å². The van der Waals surface area contributed by atoms with Crippen LogP contribution < -0.4 is 5.32 Å². The summed E-state index contributed by atoms with van der Waals surface area (Å²) in [5.41, 5.74) is 2.10. The summed E-state index contributed by atoms with van der Waals surface area (Å²) < 4.78 is 2.09. The highest BCUT2D eigenvalue weighted by Gasteiger charge is 2.08. The number of nitrogens with one attached hydrogen (secondary N) is 1. The van der Waals surface area contributed by atoms with E-state index in [-0.39, 0.29) is 6.61 Å². The summed E-state index contributed by atoms with van der Waals surface area (Å²) >= 11 is 0. The van der Waals surface area contributed by atoms with Crippen LogP contribution in [0.2, 0.25) is 0 Å². The molecule has 1 heterocycles. The Morgan fingerprint density at radius 2 is 2.19 bits per heavy atom. The van der Waals surface area contributed by atoms with Crippen LogP contribution >= 0.6 is 0 Å². The second kappa shape index (κ2) is 5.09. The monoisotopic (exact) mass is 219 g/mol. The number of nitrogens with zero attached hydrogens (tertiary/aromatic N) is 2. The maximum absolute atomic E-state index is 9.08. The molecular formula is C12H17N3O. The van der Waals surface area contributed by atoms with Gasteiger partial charge in [-0.05, 0) is 19.2 Å². The fourth-order valence-electron chi connectivity index (χ4n) is 1.90. The van der Waals surface area contributed by atoms with Gasteiger partial charge in [-0.15, -0.1) is 0 Å². The predicted molar refractivity (Wildman–Crippen MR) is 64.4 cm³/mol. The molecule has 0 bridgehead atoms. The summed E-state index contributed by atoms with van der Waals surface area (Å²) in [5, 5.41) is 12.2. The Morgan fingerprint density at radius 1 is 1.38 bits per heavy atom. The standard InChI is InChI=1S/C12H17N3O/c1-13-7-6-12-14-10-4-2-3-5-11(10)15(12)8-9-16/h2-5,13,16H,6-9H2,1H3. The molecule has 2 N–H and O–H groups in total. The van der Waals surface area contributed by atoms with Crippen LogP contribution in [-0.2, 0) is 13.0 Å². The molecule has 0 radical (unpaired) electrons. The molecular weight excluding hydrogens is 202 g/mol. The number of aromatic nitrogens is 2. The molecule has 0 saturated carbocycles. The minimum atomic E-state index is 0.146. The van der Waals surface area contributed by atoms with Gasteiger partial charge < -0.3 is 15.0 Å². The third kappa shape index (κ3) is 2.08. The quantitative estimate of drug-likeness (QED) is 0.781. The Morgan fingerprint density at radius 3 is 2.94 bits per heavy atom. The van der Waals surface area contributed by atoms with Crippen LogP contribution in [-0.4, -0.2) is 34.9 Å². The first kappa shape index (κ1) is 11.1. The molecule has 4 heteroatoms. The van der Waals surface area contributed by atoms with Crippen molar-refractivity contribution in [2.45, 2.75) is 13.0 Å². The summed E-state index contributed by atoms with van der Waals surface area (Å²) in [5.74, 6) is 1.03. The molecule has 2 rings (SSSR count). The molecule has 16 heavy (non-hydrogen) atoms. The Labute approximate surface area is 94.9 Å². The van der Waals surface area contributed by atoms with Crippen molar-refractivity contribution in [1.29, 1.82) is 0 Å². The average molecular weight is 219 g/mol. The van der Waals surface area contributed by atoms with Crippen LogP contribution in [0.15, 0.2) is 24.3 Å². The van der Waals surface area contributed by atoms with Crippen molar-refractivity contribution in [1.82, 2.24) is 14.9 Å². The lowest BCUT2D eigenvalue weighted by atomic mass is 10.3. The summed E-state index contributed by atoms with van der Waals surface area (Å²) in [6.07, 6.45) is 0.880. The van der Waals surface area contributed by atoms with E-state index in [0.717, 1.165) is 29.8 Å². The van der Waals surface area contributed by atoms with Crippen LogP contribution in [0, 0.1) is 0 Å². The summed E-state index contributed by atoms with van der Waals surface area (Å²) in [7, 11) is 1.93. The van der Waals surface area contributed by atoms with Crippen LogP contribution in [0.3, 0.4) is 0 Å². The number of rotatable bonds is 5. The van der Waals surface area contributed by atoms with E-state index in [2.05, 4.69) is 14.9 Å². The van der Waals surface area contributed by atoms with E-state index in [1.807, 2.05) is 31.3 Å². The highest BCUT2D eigenvalue weighted by atomic mass is 16.3. The molecule has 0 spiro atoms. The number of hydrogen-bond donors (Lipinski definition) is 2. The van der Waals surface area contributed by atoms with Gasteiger partial charge in [0.05, 0.1) is 17.6 Å². The number of likely N-dealkylation sites (N-methyl/N-ethyl adjacent to an activating group) is 1. The van der Waals surface area contributed by atoms with Crippen molar-refractivity contribution in [3.63, 3.8) is 0 Å². The van der Waals surface area contributed by atoms with Gasteiger partial charge in [-0.25, -0.2) is 4.98 Å². The number of aliphatic hydroxyl groups excluding tert-OH is 1. The number of aliphatic hydroxyl groups is 1. The van der Waals surface area contributed by atoms with Gasteiger partial charge in [-0.1, -0.05) is 12.1 Å².